The highest BCUT2D eigenvalue weighted by Crippen LogP contribution is 2.30. The van der Waals surface area contributed by atoms with E-state index in [1.807, 2.05) is 24.3 Å². The Labute approximate surface area is 94.8 Å². The van der Waals surface area contributed by atoms with E-state index in [-0.39, 0.29) is 12.1 Å². The monoisotopic (exact) mass is 217 g/mol. The first kappa shape index (κ1) is 9.70. The molecule has 1 fully saturated rings. The highest BCUT2D eigenvalue weighted by atomic mass is 16.5. The Balaban J connectivity index is 1.97. The van der Waals surface area contributed by atoms with Gasteiger partial charge in [-0.15, -0.1) is 0 Å². The lowest BCUT2D eigenvalue weighted by Crippen LogP contribution is -2.37. The van der Waals surface area contributed by atoms with Crippen LogP contribution < -0.4 is 5.32 Å². The van der Waals surface area contributed by atoms with Gasteiger partial charge in [0.25, 0.3) is 0 Å². The second kappa shape index (κ2) is 3.81. The van der Waals surface area contributed by atoms with Crippen molar-refractivity contribution < 1.29 is 9.53 Å². The second-order valence-electron chi connectivity index (χ2n) is 4.52. The third kappa shape index (κ3) is 1.56. The van der Waals surface area contributed by atoms with Crippen LogP contribution in [0.3, 0.4) is 0 Å². The van der Waals surface area contributed by atoms with E-state index in [4.69, 9.17) is 4.74 Å². The Morgan fingerprint density at radius 1 is 1.19 bits per heavy atom. The van der Waals surface area contributed by atoms with Crippen molar-refractivity contribution in [1.29, 1.82) is 0 Å². The number of ether oxygens (including phenoxy) is 1. The standard InChI is InChI=1S/C13H15NO2/c15-13-9-5-1-2-6-10(9)14-11-7-3-4-8-12(11)16-13/h1-2,5-6,11-12,14H,3-4,7-8H2. The molecule has 2 aliphatic rings. The minimum atomic E-state index is -0.183. The van der Waals surface area contributed by atoms with Gasteiger partial charge < -0.3 is 10.1 Å². The summed E-state index contributed by atoms with van der Waals surface area (Å²) in [5, 5.41) is 3.45. The van der Waals surface area contributed by atoms with E-state index in [2.05, 4.69) is 5.32 Å². The molecule has 1 aliphatic carbocycles. The molecule has 3 rings (SSSR count). The quantitative estimate of drug-likeness (QED) is 0.679. The number of benzene rings is 1. The number of rotatable bonds is 0. The van der Waals surface area contributed by atoms with Crippen LogP contribution in [0.15, 0.2) is 24.3 Å². The van der Waals surface area contributed by atoms with Crippen molar-refractivity contribution in [3.05, 3.63) is 29.8 Å². The first-order valence-corrected chi connectivity index (χ1v) is 5.91. The van der Waals surface area contributed by atoms with Crippen LogP contribution in [0.25, 0.3) is 0 Å². The zero-order valence-corrected chi connectivity index (χ0v) is 9.11. The van der Waals surface area contributed by atoms with E-state index >= 15 is 0 Å². The minimum absolute atomic E-state index is 0.0497. The summed E-state index contributed by atoms with van der Waals surface area (Å²) in [6.07, 6.45) is 4.50. The molecule has 1 aliphatic heterocycles. The number of hydrogen-bond acceptors (Lipinski definition) is 3. The molecular formula is C13H15NO2. The molecule has 16 heavy (non-hydrogen) atoms. The van der Waals surface area contributed by atoms with E-state index in [0.717, 1.165) is 24.9 Å². The maximum absolute atomic E-state index is 11.9. The normalized spacial score (nSPS) is 28.1. The van der Waals surface area contributed by atoms with Gasteiger partial charge in [-0.05, 0) is 31.4 Å². The van der Waals surface area contributed by atoms with Gasteiger partial charge in [-0.1, -0.05) is 18.6 Å². The van der Waals surface area contributed by atoms with Gasteiger partial charge in [0.15, 0.2) is 0 Å². The van der Waals surface area contributed by atoms with Crippen LogP contribution in [-0.4, -0.2) is 18.1 Å². The summed E-state index contributed by atoms with van der Waals surface area (Å²) in [6.45, 7) is 0. The maximum Gasteiger partial charge on any atom is 0.340 e. The van der Waals surface area contributed by atoms with Crippen molar-refractivity contribution in [2.45, 2.75) is 37.8 Å². The van der Waals surface area contributed by atoms with Gasteiger partial charge in [-0.25, -0.2) is 4.79 Å². The number of anilines is 1. The largest absolute Gasteiger partial charge is 0.457 e. The molecule has 1 aromatic carbocycles. The summed E-state index contributed by atoms with van der Waals surface area (Å²) in [6, 6.07) is 7.88. The van der Waals surface area contributed by atoms with E-state index in [0.29, 0.717) is 11.6 Å². The lowest BCUT2D eigenvalue weighted by Gasteiger charge is -2.29. The summed E-state index contributed by atoms with van der Waals surface area (Å²) < 4.78 is 5.54. The van der Waals surface area contributed by atoms with Crippen molar-refractivity contribution in [3.63, 3.8) is 0 Å². The molecule has 3 heteroatoms. The summed E-state index contributed by atoms with van der Waals surface area (Å²) >= 11 is 0. The predicted molar refractivity (Wildman–Crippen MR) is 61.5 cm³/mol. The van der Waals surface area contributed by atoms with Crippen LogP contribution in [-0.2, 0) is 4.74 Å². The summed E-state index contributed by atoms with van der Waals surface area (Å²) in [7, 11) is 0. The molecule has 1 N–H and O–H groups in total. The molecule has 0 radical (unpaired) electrons. The molecule has 0 bridgehead atoms. The molecule has 0 spiro atoms. The fraction of sp³-hybridized carbons (Fsp3) is 0.462. The fourth-order valence-electron chi connectivity index (χ4n) is 2.59. The zero-order valence-electron chi connectivity index (χ0n) is 9.11. The number of para-hydroxylation sites is 1. The molecule has 2 unspecified atom stereocenters. The first-order valence-electron chi connectivity index (χ1n) is 5.91. The van der Waals surface area contributed by atoms with Crippen molar-refractivity contribution >= 4 is 11.7 Å². The number of carbonyl (C=O) groups excluding carboxylic acids is 1. The average molecular weight is 217 g/mol. The summed E-state index contributed by atoms with van der Waals surface area (Å²) in [5.74, 6) is -0.183. The van der Waals surface area contributed by atoms with E-state index in [1.165, 1.54) is 6.42 Å². The molecule has 3 nitrogen and oxygen atoms in total. The molecule has 0 saturated heterocycles. The molecule has 1 aromatic rings. The Morgan fingerprint density at radius 3 is 2.94 bits per heavy atom. The number of esters is 1. The van der Waals surface area contributed by atoms with Gasteiger partial charge in [-0.2, -0.15) is 0 Å². The van der Waals surface area contributed by atoms with Crippen LogP contribution in [0.5, 0.6) is 0 Å². The molecule has 84 valence electrons. The van der Waals surface area contributed by atoms with Gasteiger partial charge in [0.2, 0.25) is 0 Å². The molecule has 1 saturated carbocycles. The van der Waals surface area contributed by atoms with Crippen LogP contribution in [0.1, 0.15) is 36.0 Å². The van der Waals surface area contributed by atoms with Crippen LogP contribution in [0.2, 0.25) is 0 Å². The predicted octanol–water partition coefficient (Wildman–Crippen LogP) is 2.58. The third-order valence-corrected chi connectivity index (χ3v) is 3.45. The second-order valence-corrected chi connectivity index (χ2v) is 4.52. The lowest BCUT2D eigenvalue weighted by molar-refractivity contribution is 0.0194. The van der Waals surface area contributed by atoms with Gasteiger partial charge >= 0.3 is 5.97 Å². The Kier molecular flexibility index (Phi) is 2.31. The topological polar surface area (TPSA) is 38.3 Å². The SMILES string of the molecule is O=C1OC2CCCCC2Nc2ccccc21. The van der Waals surface area contributed by atoms with Gasteiger partial charge in [0, 0.05) is 5.69 Å². The molecule has 0 aromatic heterocycles. The van der Waals surface area contributed by atoms with Crippen molar-refractivity contribution in [1.82, 2.24) is 0 Å². The molecule has 2 atom stereocenters. The van der Waals surface area contributed by atoms with Crippen LogP contribution in [0.4, 0.5) is 5.69 Å². The molecule has 0 amide bonds. The van der Waals surface area contributed by atoms with Crippen LogP contribution >= 0.6 is 0 Å². The first-order chi connectivity index (χ1) is 7.84. The number of fused-ring (bicyclic) bond motifs is 2. The number of carbonyl (C=O) groups is 1. The lowest BCUT2D eigenvalue weighted by atomic mass is 9.92. The Morgan fingerprint density at radius 2 is 2.00 bits per heavy atom. The van der Waals surface area contributed by atoms with E-state index in [1.54, 1.807) is 0 Å². The summed E-state index contributed by atoms with van der Waals surface area (Å²) in [4.78, 5) is 11.9. The van der Waals surface area contributed by atoms with Gasteiger partial charge in [0.05, 0.1) is 11.6 Å². The van der Waals surface area contributed by atoms with E-state index in [9.17, 15) is 4.79 Å². The maximum atomic E-state index is 11.9. The number of hydrogen-bond donors (Lipinski definition) is 1. The fourth-order valence-corrected chi connectivity index (χ4v) is 2.59. The van der Waals surface area contributed by atoms with Gasteiger partial charge in [-0.3, -0.25) is 0 Å². The summed E-state index contributed by atoms with van der Waals surface area (Å²) in [5.41, 5.74) is 1.58. The van der Waals surface area contributed by atoms with Gasteiger partial charge in [0.1, 0.15) is 6.10 Å². The van der Waals surface area contributed by atoms with Crippen LogP contribution in [0, 0.1) is 0 Å². The molecular weight excluding hydrogens is 202 g/mol. The van der Waals surface area contributed by atoms with Crippen molar-refractivity contribution in [2.75, 3.05) is 5.32 Å². The van der Waals surface area contributed by atoms with Crippen molar-refractivity contribution in [2.24, 2.45) is 0 Å². The average Bonchev–Trinajstić information content (AvgIpc) is 2.45. The van der Waals surface area contributed by atoms with E-state index < -0.39 is 0 Å². The number of nitrogens with one attached hydrogen (secondary N) is 1. The molecule has 1 heterocycles. The highest BCUT2D eigenvalue weighted by Gasteiger charge is 2.32. The Hall–Kier alpha value is -1.51. The smallest absolute Gasteiger partial charge is 0.340 e. The third-order valence-electron chi connectivity index (χ3n) is 3.45. The Bertz CT molecular complexity index is 416. The minimum Gasteiger partial charge on any atom is -0.457 e. The zero-order chi connectivity index (χ0) is 11.0. The highest BCUT2D eigenvalue weighted by molar-refractivity contribution is 5.96. The van der Waals surface area contributed by atoms with Crippen molar-refractivity contribution in [3.8, 4) is 0 Å².